The van der Waals surface area contributed by atoms with Crippen molar-refractivity contribution in [3.63, 3.8) is 0 Å². The lowest BCUT2D eigenvalue weighted by molar-refractivity contribution is 0.0620. The Bertz CT molecular complexity index is 1260. The van der Waals surface area contributed by atoms with Crippen LogP contribution in [0.3, 0.4) is 0 Å². The summed E-state index contributed by atoms with van der Waals surface area (Å²) in [6.45, 7) is 8.73. The Morgan fingerprint density at radius 1 is 1.09 bits per heavy atom. The first-order valence-electron chi connectivity index (χ1n) is 12.9. The second kappa shape index (κ2) is 8.92. The van der Waals surface area contributed by atoms with E-state index in [0.29, 0.717) is 0 Å². The van der Waals surface area contributed by atoms with Gasteiger partial charge in [0.05, 0.1) is 32.1 Å². The summed E-state index contributed by atoms with van der Waals surface area (Å²) in [7, 11) is 0. The fourth-order valence-corrected chi connectivity index (χ4v) is 7.58. The second-order valence-electron chi connectivity index (χ2n) is 10.3. The van der Waals surface area contributed by atoms with E-state index in [4.69, 9.17) is 4.74 Å². The fraction of sp³-hybridized carbons (Fsp3) is 0.481. The molecule has 8 heteroatoms. The minimum atomic E-state index is -0.198. The first-order valence-corrected chi connectivity index (χ1v) is 13.7. The number of fused-ring (bicyclic) bond motifs is 3. The molecule has 0 amide bonds. The maximum Gasteiger partial charge on any atom is 0.125 e. The molecule has 4 aliphatic rings. The van der Waals surface area contributed by atoms with Crippen LogP contribution < -0.4 is 5.32 Å². The average Bonchev–Trinajstić information content (AvgIpc) is 3.62. The number of nitrogens with zero attached hydrogens (tertiary/aromatic N) is 3. The molecule has 0 radical (unpaired) electrons. The summed E-state index contributed by atoms with van der Waals surface area (Å²) >= 11 is 1.81. The van der Waals surface area contributed by atoms with Gasteiger partial charge in [0, 0.05) is 76.4 Å². The van der Waals surface area contributed by atoms with Crippen LogP contribution in [0, 0.1) is 11.7 Å². The number of halogens is 1. The first-order chi connectivity index (χ1) is 17.2. The van der Waals surface area contributed by atoms with Gasteiger partial charge in [-0.15, -0.1) is 11.3 Å². The van der Waals surface area contributed by atoms with Crippen molar-refractivity contribution in [2.24, 2.45) is 5.92 Å². The molecule has 3 fully saturated rings. The molecule has 0 bridgehead atoms. The number of H-pyrrole nitrogens is 1. The zero-order chi connectivity index (χ0) is 23.4. The molecule has 184 valence electrons. The van der Waals surface area contributed by atoms with Crippen LogP contribution >= 0.6 is 11.3 Å². The Hall–Kier alpha value is -2.39. The lowest BCUT2D eigenvalue weighted by Gasteiger charge is -2.40. The molecule has 0 saturated carbocycles. The summed E-state index contributed by atoms with van der Waals surface area (Å²) in [4.78, 5) is 13.3. The van der Waals surface area contributed by atoms with E-state index >= 15 is 0 Å². The van der Waals surface area contributed by atoms with Crippen LogP contribution in [0.5, 0.6) is 0 Å². The van der Waals surface area contributed by atoms with Crippen molar-refractivity contribution in [2.75, 3.05) is 52.6 Å². The van der Waals surface area contributed by atoms with Crippen LogP contribution in [0.15, 0.2) is 36.7 Å². The number of ether oxygens (including phenoxy) is 1. The van der Waals surface area contributed by atoms with E-state index in [1.54, 1.807) is 12.1 Å². The van der Waals surface area contributed by atoms with Gasteiger partial charge in [0.2, 0.25) is 0 Å². The second-order valence-corrected chi connectivity index (χ2v) is 11.5. The Balaban J connectivity index is 1.21. The van der Waals surface area contributed by atoms with Gasteiger partial charge in [0.15, 0.2) is 0 Å². The van der Waals surface area contributed by atoms with Crippen molar-refractivity contribution in [3.8, 4) is 10.4 Å². The third-order valence-electron chi connectivity index (χ3n) is 8.11. The number of rotatable bonds is 4. The molecule has 3 saturated heterocycles. The number of aromatic amines is 1. The van der Waals surface area contributed by atoms with Crippen LogP contribution in [-0.2, 0) is 11.3 Å². The summed E-state index contributed by atoms with van der Waals surface area (Å²) in [5, 5.41) is 4.76. The molecule has 1 aromatic carbocycles. The number of aromatic nitrogens is 1. The van der Waals surface area contributed by atoms with Gasteiger partial charge in [0.1, 0.15) is 5.82 Å². The average molecular weight is 494 g/mol. The minimum absolute atomic E-state index is 0.198. The van der Waals surface area contributed by atoms with Crippen molar-refractivity contribution in [1.29, 1.82) is 0 Å². The fourth-order valence-electron chi connectivity index (χ4n) is 6.36. The van der Waals surface area contributed by atoms with Gasteiger partial charge in [-0.25, -0.2) is 4.39 Å². The summed E-state index contributed by atoms with van der Waals surface area (Å²) in [6.07, 6.45) is 6.82. The quantitative estimate of drug-likeness (QED) is 0.573. The predicted molar refractivity (Wildman–Crippen MR) is 138 cm³/mol. The van der Waals surface area contributed by atoms with Gasteiger partial charge in [-0.3, -0.25) is 4.90 Å². The molecule has 6 nitrogen and oxygen atoms in total. The molecular formula is C27H32FN5OS. The lowest BCUT2D eigenvalue weighted by Crippen LogP contribution is -2.48. The molecule has 2 atom stereocenters. The topological polar surface area (TPSA) is 46.8 Å². The van der Waals surface area contributed by atoms with E-state index in [1.807, 2.05) is 17.5 Å². The zero-order valence-electron chi connectivity index (χ0n) is 19.9. The maximum atomic E-state index is 14.5. The van der Waals surface area contributed by atoms with E-state index in [-0.39, 0.29) is 5.82 Å². The Labute approximate surface area is 209 Å². The smallest absolute Gasteiger partial charge is 0.125 e. The summed E-state index contributed by atoms with van der Waals surface area (Å²) in [5.41, 5.74) is 4.41. The highest BCUT2D eigenvalue weighted by Gasteiger charge is 2.34. The van der Waals surface area contributed by atoms with Gasteiger partial charge < -0.3 is 24.8 Å². The number of likely N-dealkylation sites (tertiary alicyclic amines) is 1. The van der Waals surface area contributed by atoms with Crippen molar-refractivity contribution >= 4 is 27.9 Å². The third kappa shape index (κ3) is 4.06. The highest BCUT2D eigenvalue weighted by atomic mass is 32.1. The number of piperidine rings is 1. The number of thiophene rings is 1. The maximum absolute atomic E-state index is 14.5. The molecule has 2 unspecified atom stereocenters. The molecule has 7 rings (SSSR count). The number of hydrogen-bond donors (Lipinski definition) is 2. The molecule has 2 aromatic heterocycles. The highest BCUT2D eigenvalue weighted by molar-refractivity contribution is 7.15. The minimum Gasteiger partial charge on any atom is -0.378 e. The summed E-state index contributed by atoms with van der Waals surface area (Å²) in [5.74, 6) is 0.591. The molecule has 4 aliphatic heterocycles. The third-order valence-corrected chi connectivity index (χ3v) is 9.26. The molecule has 0 spiro atoms. The molecule has 3 aromatic rings. The molecular weight excluding hydrogens is 461 g/mol. The van der Waals surface area contributed by atoms with Gasteiger partial charge >= 0.3 is 0 Å². The van der Waals surface area contributed by atoms with E-state index < -0.39 is 0 Å². The summed E-state index contributed by atoms with van der Waals surface area (Å²) < 4.78 is 20.1. The molecule has 2 N–H and O–H groups in total. The van der Waals surface area contributed by atoms with Crippen molar-refractivity contribution in [3.05, 3.63) is 52.9 Å². The van der Waals surface area contributed by atoms with E-state index in [1.165, 1.54) is 42.1 Å². The zero-order valence-corrected chi connectivity index (χ0v) is 20.7. The van der Waals surface area contributed by atoms with Gasteiger partial charge in [0.25, 0.3) is 0 Å². The normalized spacial score (nSPS) is 25.1. The number of hydrogen-bond acceptors (Lipinski definition) is 6. The molecule has 35 heavy (non-hydrogen) atoms. The van der Waals surface area contributed by atoms with Gasteiger partial charge in [-0.2, -0.15) is 0 Å². The van der Waals surface area contributed by atoms with Crippen LogP contribution in [0.25, 0.3) is 27.0 Å². The largest absolute Gasteiger partial charge is 0.378 e. The van der Waals surface area contributed by atoms with Crippen LogP contribution in [0.1, 0.15) is 23.3 Å². The van der Waals surface area contributed by atoms with Crippen LogP contribution in [0.2, 0.25) is 0 Å². The Morgan fingerprint density at radius 3 is 2.91 bits per heavy atom. The standard InChI is InChI=1S/C27H32FN5OS/c28-19-11-21(20-2-5-30-24(20)12-19)26-13-22-25(33-7-9-34-10-8-33)15-32(16-27(22)35-26)17-31-6-3-23-18(14-31)1-4-29-23/h2,5,11-13,15,18,23,29-30H,1,3-4,6-10,14,16-17H2. The molecule has 0 aliphatic carbocycles. The number of benzene rings is 1. The first kappa shape index (κ1) is 21.9. The van der Waals surface area contributed by atoms with Crippen molar-refractivity contribution in [1.82, 2.24) is 25.0 Å². The van der Waals surface area contributed by atoms with Gasteiger partial charge in [-0.05, 0) is 49.6 Å². The number of morpholine rings is 1. The van der Waals surface area contributed by atoms with Crippen molar-refractivity contribution < 1.29 is 9.13 Å². The predicted octanol–water partition coefficient (Wildman–Crippen LogP) is 4.12. The van der Waals surface area contributed by atoms with E-state index in [0.717, 1.165) is 79.4 Å². The monoisotopic (exact) mass is 493 g/mol. The van der Waals surface area contributed by atoms with E-state index in [9.17, 15) is 4.39 Å². The Kier molecular flexibility index (Phi) is 5.57. The Morgan fingerprint density at radius 2 is 2.00 bits per heavy atom. The summed E-state index contributed by atoms with van der Waals surface area (Å²) in [6, 6.07) is 8.32. The van der Waals surface area contributed by atoms with Gasteiger partial charge in [-0.1, -0.05) is 0 Å². The SMILES string of the molecule is Fc1cc(-c2cc3c(s2)CN(CN2CCC4NCCC4C2)C=C3N2CCOCC2)c2cc[nH]c2c1. The lowest BCUT2D eigenvalue weighted by atomic mass is 9.93. The highest BCUT2D eigenvalue weighted by Crippen LogP contribution is 2.42. The van der Waals surface area contributed by atoms with E-state index in [2.05, 4.69) is 43.3 Å². The molecule has 6 heterocycles. The van der Waals surface area contributed by atoms with Crippen LogP contribution in [-0.4, -0.2) is 78.3 Å². The van der Waals surface area contributed by atoms with Crippen molar-refractivity contribution in [2.45, 2.75) is 25.4 Å². The van der Waals surface area contributed by atoms with Crippen LogP contribution in [0.4, 0.5) is 4.39 Å². The number of nitrogens with one attached hydrogen (secondary N) is 2.